The summed E-state index contributed by atoms with van der Waals surface area (Å²) in [4.78, 5) is 8.95. The summed E-state index contributed by atoms with van der Waals surface area (Å²) in [7, 11) is 0. The third-order valence-corrected chi connectivity index (χ3v) is 5.81. The zero-order valence-electron chi connectivity index (χ0n) is 17.0. The summed E-state index contributed by atoms with van der Waals surface area (Å²) < 4.78 is 14.6. The van der Waals surface area contributed by atoms with Crippen LogP contribution in [0.1, 0.15) is 51.0 Å². The second kappa shape index (κ2) is 11.8. The Hall–Kier alpha value is -1.09. The first-order valence-corrected chi connectivity index (χ1v) is 10.5. The van der Waals surface area contributed by atoms with Gasteiger partial charge in [-0.05, 0) is 37.1 Å². The molecular formula is C21H35FIN5. The molecule has 0 aromatic heterocycles. The fourth-order valence-electron chi connectivity index (χ4n) is 4.07. The molecular weight excluding hydrogens is 468 g/mol. The Morgan fingerprint density at radius 2 is 1.82 bits per heavy atom. The number of guanidine groups is 1. The molecule has 0 unspecified atom stereocenters. The first kappa shape index (κ1) is 23.2. The molecule has 0 spiro atoms. The Kier molecular flexibility index (Phi) is 9.77. The number of anilines is 1. The smallest absolute Gasteiger partial charge is 0.189 e. The number of nitrogens with zero attached hydrogens (tertiary/aromatic N) is 3. The number of likely N-dealkylation sites (N-methyl/N-ethyl adjacent to an activating group) is 1. The zero-order chi connectivity index (χ0) is 19.1. The van der Waals surface area contributed by atoms with Crippen molar-refractivity contribution in [1.29, 1.82) is 0 Å². The van der Waals surface area contributed by atoms with Crippen LogP contribution in [-0.2, 0) is 6.54 Å². The largest absolute Gasteiger partial charge is 0.370 e. The molecule has 1 heterocycles. The first-order valence-electron chi connectivity index (χ1n) is 10.5. The number of piperazine rings is 1. The van der Waals surface area contributed by atoms with Crippen LogP contribution < -0.4 is 16.0 Å². The topological polar surface area (TPSA) is 56.9 Å². The number of rotatable bonds is 5. The number of nitrogens with one attached hydrogen (secondary N) is 1. The van der Waals surface area contributed by atoms with Crippen LogP contribution in [0.25, 0.3) is 0 Å². The molecule has 28 heavy (non-hydrogen) atoms. The molecule has 0 amide bonds. The van der Waals surface area contributed by atoms with Gasteiger partial charge in [0.15, 0.2) is 5.96 Å². The Bertz CT molecular complexity index is 623. The SMILES string of the molecule is CCN1CCN(c2ccc(CN=C(N)NC3CCCCCC3)cc2F)CC1.I. The molecule has 7 heteroatoms. The third-order valence-electron chi connectivity index (χ3n) is 5.81. The van der Waals surface area contributed by atoms with E-state index in [1.807, 2.05) is 12.1 Å². The lowest BCUT2D eigenvalue weighted by Crippen LogP contribution is -2.46. The van der Waals surface area contributed by atoms with E-state index in [2.05, 4.69) is 27.0 Å². The van der Waals surface area contributed by atoms with Gasteiger partial charge in [-0.15, -0.1) is 24.0 Å². The Balaban J connectivity index is 0.00000280. The standard InChI is InChI=1S/C21H34FN5.HI/c1-2-26-11-13-27(14-12-26)20-10-9-17(15-19(20)22)16-24-21(23)25-18-7-5-3-4-6-8-18;/h9-10,15,18H,2-8,11-14,16H2,1H3,(H3,23,24,25);1H. The summed E-state index contributed by atoms with van der Waals surface area (Å²) >= 11 is 0. The summed E-state index contributed by atoms with van der Waals surface area (Å²) in [5.41, 5.74) is 7.60. The van der Waals surface area contributed by atoms with Crippen LogP contribution >= 0.6 is 24.0 Å². The first-order chi connectivity index (χ1) is 13.2. The van der Waals surface area contributed by atoms with Crippen LogP contribution in [-0.4, -0.2) is 49.6 Å². The average Bonchev–Trinajstić information content (AvgIpc) is 2.95. The summed E-state index contributed by atoms with van der Waals surface area (Å²) in [6.45, 7) is 7.37. The Morgan fingerprint density at radius 3 is 2.43 bits per heavy atom. The molecule has 3 N–H and O–H groups in total. The lowest BCUT2D eigenvalue weighted by Gasteiger charge is -2.35. The van der Waals surface area contributed by atoms with Gasteiger partial charge in [0.2, 0.25) is 0 Å². The molecule has 1 aliphatic heterocycles. The van der Waals surface area contributed by atoms with E-state index in [1.165, 1.54) is 25.7 Å². The van der Waals surface area contributed by atoms with Gasteiger partial charge in [-0.1, -0.05) is 38.7 Å². The molecule has 3 rings (SSSR count). The van der Waals surface area contributed by atoms with Crippen molar-refractivity contribution in [2.75, 3.05) is 37.6 Å². The maximum atomic E-state index is 14.6. The summed E-state index contributed by atoms with van der Waals surface area (Å²) in [5, 5.41) is 3.34. The number of hydrogen-bond donors (Lipinski definition) is 2. The van der Waals surface area contributed by atoms with Gasteiger partial charge >= 0.3 is 0 Å². The van der Waals surface area contributed by atoms with Crippen LogP contribution in [0, 0.1) is 5.82 Å². The van der Waals surface area contributed by atoms with Gasteiger partial charge in [0.05, 0.1) is 12.2 Å². The van der Waals surface area contributed by atoms with Crippen LogP contribution in [0.4, 0.5) is 10.1 Å². The maximum absolute atomic E-state index is 14.6. The van der Waals surface area contributed by atoms with Gasteiger partial charge < -0.3 is 20.9 Å². The highest BCUT2D eigenvalue weighted by atomic mass is 127. The molecule has 1 saturated carbocycles. The van der Waals surface area contributed by atoms with Gasteiger partial charge in [-0.2, -0.15) is 0 Å². The molecule has 1 aromatic rings. The highest BCUT2D eigenvalue weighted by Crippen LogP contribution is 2.22. The fraction of sp³-hybridized carbons (Fsp3) is 0.667. The van der Waals surface area contributed by atoms with E-state index in [1.54, 1.807) is 6.07 Å². The monoisotopic (exact) mass is 503 g/mol. The molecule has 2 aliphatic rings. The number of halogens is 2. The van der Waals surface area contributed by atoms with E-state index < -0.39 is 0 Å². The van der Waals surface area contributed by atoms with Gasteiger partial charge in [0.1, 0.15) is 5.82 Å². The van der Waals surface area contributed by atoms with Crippen molar-refractivity contribution in [3.8, 4) is 0 Å². The molecule has 0 atom stereocenters. The molecule has 158 valence electrons. The molecule has 1 aliphatic carbocycles. The maximum Gasteiger partial charge on any atom is 0.189 e. The summed E-state index contributed by atoms with van der Waals surface area (Å²) in [5.74, 6) is 0.310. The summed E-state index contributed by atoms with van der Waals surface area (Å²) in [6.07, 6.45) is 7.45. The predicted molar refractivity (Wildman–Crippen MR) is 126 cm³/mol. The molecule has 2 fully saturated rings. The van der Waals surface area contributed by atoms with Gasteiger partial charge in [-0.25, -0.2) is 9.38 Å². The van der Waals surface area contributed by atoms with Crippen molar-refractivity contribution in [3.63, 3.8) is 0 Å². The lowest BCUT2D eigenvalue weighted by molar-refractivity contribution is 0.270. The minimum Gasteiger partial charge on any atom is -0.370 e. The van der Waals surface area contributed by atoms with Crippen LogP contribution in [0.5, 0.6) is 0 Å². The Labute approximate surface area is 186 Å². The molecule has 1 saturated heterocycles. The normalized spacial score (nSPS) is 19.8. The fourth-order valence-corrected chi connectivity index (χ4v) is 4.07. The van der Waals surface area contributed by atoms with E-state index in [0.29, 0.717) is 24.2 Å². The van der Waals surface area contributed by atoms with E-state index >= 15 is 0 Å². The van der Waals surface area contributed by atoms with Crippen molar-refractivity contribution in [1.82, 2.24) is 10.2 Å². The van der Waals surface area contributed by atoms with Gasteiger partial charge in [0.25, 0.3) is 0 Å². The van der Waals surface area contributed by atoms with Crippen molar-refractivity contribution in [2.45, 2.75) is 58.0 Å². The quantitative estimate of drug-likeness (QED) is 0.279. The molecule has 0 bridgehead atoms. The van der Waals surface area contributed by atoms with E-state index in [-0.39, 0.29) is 29.8 Å². The minimum atomic E-state index is -0.164. The number of hydrogen-bond acceptors (Lipinski definition) is 3. The third kappa shape index (κ3) is 6.76. The molecule has 0 radical (unpaired) electrons. The van der Waals surface area contributed by atoms with Crippen molar-refractivity contribution in [3.05, 3.63) is 29.6 Å². The highest BCUT2D eigenvalue weighted by molar-refractivity contribution is 14.0. The second-order valence-corrected chi connectivity index (χ2v) is 7.74. The minimum absolute atomic E-state index is 0. The van der Waals surface area contributed by atoms with Crippen molar-refractivity contribution < 1.29 is 4.39 Å². The molecule has 5 nitrogen and oxygen atoms in total. The van der Waals surface area contributed by atoms with Gasteiger partial charge in [0, 0.05) is 32.2 Å². The van der Waals surface area contributed by atoms with Crippen molar-refractivity contribution in [2.24, 2.45) is 10.7 Å². The average molecular weight is 503 g/mol. The van der Waals surface area contributed by atoms with E-state index in [0.717, 1.165) is 51.1 Å². The second-order valence-electron chi connectivity index (χ2n) is 7.74. The molecule has 1 aromatic carbocycles. The van der Waals surface area contributed by atoms with Crippen molar-refractivity contribution >= 4 is 35.6 Å². The van der Waals surface area contributed by atoms with Gasteiger partial charge in [-0.3, -0.25) is 0 Å². The lowest BCUT2D eigenvalue weighted by atomic mass is 10.1. The summed E-state index contributed by atoms with van der Waals surface area (Å²) in [6, 6.07) is 5.88. The predicted octanol–water partition coefficient (Wildman–Crippen LogP) is 3.71. The van der Waals surface area contributed by atoms with E-state index in [4.69, 9.17) is 5.73 Å². The van der Waals surface area contributed by atoms with E-state index in [9.17, 15) is 4.39 Å². The Morgan fingerprint density at radius 1 is 1.14 bits per heavy atom. The van der Waals surface area contributed by atoms with Crippen LogP contribution in [0.2, 0.25) is 0 Å². The highest BCUT2D eigenvalue weighted by Gasteiger charge is 2.18. The zero-order valence-corrected chi connectivity index (χ0v) is 19.3. The number of benzene rings is 1. The number of aliphatic imine (C=N–C) groups is 1. The van der Waals surface area contributed by atoms with Crippen LogP contribution in [0.3, 0.4) is 0 Å². The number of nitrogens with two attached hydrogens (primary N) is 1. The van der Waals surface area contributed by atoms with Crippen LogP contribution in [0.15, 0.2) is 23.2 Å².